The van der Waals surface area contributed by atoms with Crippen LogP contribution in [0.2, 0.25) is 0 Å². The number of amides is 1. The van der Waals surface area contributed by atoms with E-state index in [4.69, 9.17) is 5.11 Å². The van der Waals surface area contributed by atoms with Gasteiger partial charge in [-0.1, -0.05) is 11.8 Å². The number of nitrogens with zero attached hydrogens (tertiary/aromatic N) is 1. The fourth-order valence-electron chi connectivity index (χ4n) is 1.50. The molecule has 0 aromatic heterocycles. The Hall–Kier alpha value is -1.83. The number of carbonyl (C=O) groups excluding carboxylic acids is 1. The highest BCUT2D eigenvalue weighted by molar-refractivity contribution is 5.92. The van der Waals surface area contributed by atoms with E-state index in [0.29, 0.717) is 6.54 Å². The van der Waals surface area contributed by atoms with Crippen LogP contribution in [0.25, 0.3) is 0 Å². The zero-order chi connectivity index (χ0) is 13.5. The number of carbonyl (C=O) groups is 1. The SMILES string of the molecule is Cc1cc(NC(=O)CN(C)C)ccc1C#CCO. The maximum atomic E-state index is 11.6. The van der Waals surface area contributed by atoms with Crippen LogP contribution in [0.1, 0.15) is 11.1 Å². The van der Waals surface area contributed by atoms with Crippen molar-refractivity contribution in [2.75, 3.05) is 32.6 Å². The number of aliphatic hydroxyl groups excluding tert-OH is 1. The van der Waals surface area contributed by atoms with E-state index >= 15 is 0 Å². The summed E-state index contributed by atoms with van der Waals surface area (Å²) in [5.41, 5.74) is 2.59. The number of anilines is 1. The van der Waals surface area contributed by atoms with Crippen molar-refractivity contribution < 1.29 is 9.90 Å². The predicted octanol–water partition coefficient (Wildman–Crippen LogP) is 0.839. The summed E-state index contributed by atoms with van der Waals surface area (Å²) >= 11 is 0. The Labute approximate surface area is 108 Å². The lowest BCUT2D eigenvalue weighted by molar-refractivity contribution is -0.116. The molecule has 0 unspecified atom stereocenters. The first-order valence-electron chi connectivity index (χ1n) is 5.68. The van der Waals surface area contributed by atoms with Crippen molar-refractivity contribution in [3.8, 4) is 11.8 Å². The fourth-order valence-corrected chi connectivity index (χ4v) is 1.50. The molecule has 1 rings (SSSR count). The molecule has 0 aliphatic rings. The number of likely N-dealkylation sites (N-methyl/N-ethyl adjacent to an activating group) is 1. The van der Waals surface area contributed by atoms with Gasteiger partial charge in [-0.3, -0.25) is 4.79 Å². The number of benzene rings is 1. The largest absolute Gasteiger partial charge is 0.384 e. The number of aliphatic hydroxyl groups is 1. The van der Waals surface area contributed by atoms with Crippen LogP contribution in [0.15, 0.2) is 18.2 Å². The molecule has 1 aromatic carbocycles. The second-order valence-electron chi connectivity index (χ2n) is 4.28. The normalized spacial score (nSPS) is 9.83. The van der Waals surface area contributed by atoms with E-state index in [-0.39, 0.29) is 12.5 Å². The topological polar surface area (TPSA) is 52.6 Å². The molecular weight excluding hydrogens is 228 g/mol. The van der Waals surface area contributed by atoms with Crippen LogP contribution in [0.3, 0.4) is 0 Å². The summed E-state index contributed by atoms with van der Waals surface area (Å²) in [7, 11) is 3.69. The highest BCUT2D eigenvalue weighted by atomic mass is 16.2. The van der Waals surface area contributed by atoms with Crippen molar-refractivity contribution in [3.05, 3.63) is 29.3 Å². The molecule has 0 radical (unpaired) electrons. The van der Waals surface area contributed by atoms with Gasteiger partial charge in [0.05, 0.1) is 6.54 Å². The molecule has 1 aromatic rings. The third-order valence-corrected chi connectivity index (χ3v) is 2.27. The molecule has 0 aliphatic heterocycles. The summed E-state index contributed by atoms with van der Waals surface area (Å²) in [6, 6.07) is 5.51. The summed E-state index contributed by atoms with van der Waals surface area (Å²) in [5, 5.41) is 11.5. The smallest absolute Gasteiger partial charge is 0.238 e. The zero-order valence-electron chi connectivity index (χ0n) is 10.9. The van der Waals surface area contributed by atoms with Gasteiger partial charge in [-0.25, -0.2) is 0 Å². The van der Waals surface area contributed by atoms with Crippen molar-refractivity contribution >= 4 is 11.6 Å². The average molecular weight is 246 g/mol. The van der Waals surface area contributed by atoms with Gasteiger partial charge in [0, 0.05) is 11.3 Å². The summed E-state index contributed by atoms with van der Waals surface area (Å²) in [6.07, 6.45) is 0. The Morgan fingerprint density at radius 1 is 1.44 bits per heavy atom. The summed E-state index contributed by atoms with van der Waals surface area (Å²) < 4.78 is 0. The van der Waals surface area contributed by atoms with E-state index in [9.17, 15) is 4.79 Å². The van der Waals surface area contributed by atoms with E-state index in [2.05, 4.69) is 17.2 Å². The van der Waals surface area contributed by atoms with Gasteiger partial charge in [0.15, 0.2) is 0 Å². The quantitative estimate of drug-likeness (QED) is 0.777. The minimum atomic E-state index is -0.152. The molecule has 2 N–H and O–H groups in total. The van der Waals surface area contributed by atoms with Gasteiger partial charge in [-0.2, -0.15) is 0 Å². The van der Waals surface area contributed by atoms with Crippen LogP contribution in [-0.4, -0.2) is 43.2 Å². The molecule has 0 heterocycles. The molecule has 4 nitrogen and oxygen atoms in total. The molecule has 0 spiro atoms. The van der Waals surface area contributed by atoms with Gasteiger partial charge in [-0.15, -0.1) is 0 Å². The first-order valence-corrected chi connectivity index (χ1v) is 5.68. The Balaban J connectivity index is 2.75. The minimum Gasteiger partial charge on any atom is -0.384 e. The summed E-state index contributed by atoms with van der Waals surface area (Å²) in [6.45, 7) is 2.12. The molecule has 18 heavy (non-hydrogen) atoms. The second kappa shape index (κ2) is 6.80. The van der Waals surface area contributed by atoms with E-state index in [1.54, 1.807) is 0 Å². The van der Waals surface area contributed by atoms with Crippen LogP contribution < -0.4 is 5.32 Å². The van der Waals surface area contributed by atoms with Crippen LogP contribution in [0.5, 0.6) is 0 Å². The lowest BCUT2D eigenvalue weighted by Crippen LogP contribution is -2.27. The van der Waals surface area contributed by atoms with Crippen LogP contribution >= 0.6 is 0 Å². The highest BCUT2D eigenvalue weighted by Gasteiger charge is 2.04. The molecule has 96 valence electrons. The Morgan fingerprint density at radius 2 is 2.17 bits per heavy atom. The third-order valence-electron chi connectivity index (χ3n) is 2.27. The molecule has 0 saturated carbocycles. The van der Waals surface area contributed by atoms with Crippen LogP contribution in [-0.2, 0) is 4.79 Å². The molecule has 0 saturated heterocycles. The van der Waals surface area contributed by atoms with E-state index in [1.807, 2.05) is 44.1 Å². The van der Waals surface area contributed by atoms with E-state index in [1.165, 1.54) is 0 Å². The first-order chi connectivity index (χ1) is 8.52. The van der Waals surface area contributed by atoms with Gasteiger partial charge in [0.1, 0.15) is 6.61 Å². The van der Waals surface area contributed by atoms with Gasteiger partial charge in [0.2, 0.25) is 5.91 Å². The standard InChI is InChI=1S/C14H18N2O2/c1-11-9-13(15-14(18)10-16(2)3)7-6-12(11)5-4-8-17/h6-7,9,17H,8,10H2,1-3H3,(H,15,18). The third kappa shape index (κ3) is 4.58. The average Bonchev–Trinajstić information content (AvgIpc) is 2.26. The summed E-state index contributed by atoms with van der Waals surface area (Å²) in [4.78, 5) is 13.4. The van der Waals surface area contributed by atoms with Crippen LogP contribution in [0.4, 0.5) is 5.69 Å². The first kappa shape index (κ1) is 14.2. The Morgan fingerprint density at radius 3 is 2.72 bits per heavy atom. The minimum absolute atomic E-state index is 0.0476. The van der Waals surface area contributed by atoms with E-state index in [0.717, 1.165) is 16.8 Å². The van der Waals surface area contributed by atoms with Gasteiger partial charge < -0.3 is 15.3 Å². The number of aryl methyl sites for hydroxylation is 1. The maximum Gasteiger partial charge on any atom is 0.238 e. The van der Waals surface area contributed by atoms with Crippen molar-refractivity contribution in [3.63, 3.8) is 0 Å². The van der Waals surface area contributed by atoms with Crippen molar-refractivity contribution in [2.24, 2.45) is 0 Å². The molecule has 0 fully saturated rings. The van der Waals surface area contributed by atoms with Crippen molar-refractivity contribution in [2.45, 2.75) is 6.92 Å². The van der Waals surface area contributed by atoms with Gasteiger partial charge >= 0.3 is 0 Å². The van der Waals surface area contributed by atoms with E-state index < -0.39 is 0 Å². The van der Waals surface area contributed by atoms with Crippen LogP contribution in [0, 0.1) is 18.8 Å². The molecule has 0 bridgehead atoms. The lowest BCUT2D eigenvalue weighted by Gasteiger charge is -2.10. The number of rotatable bonds is 3. The molecule has 0 atom stereocenters. The van der Waals surface area contributed by atoms with Crippen molar-refractivity contribution in [1.82, 2.24) is 4.90 Å². The summed E-state index contributed by atoms with van der Waals surface area (Å²) in [5.74, 6) is 5.41. The monoisotopic (exact) mass is 246 g/mol. The Kier molecular flexibility index (Phi) is 5.37. The molecule has 4 heteroatoms. The van der Waals surface area contributed by atoms with Gasteiger partial charge in [-0.05, 0) is 44.8 Å². The molecular formula is C14H18N2O2. The number of hydrogen-bond donors (Lipinski definition) is 2. The Bertz CT molecular complexity index is 484. The number of hydrogen-bond acceptors (Lipinski definition) is 3. The lowest BCUT2D eigenvalue weighted by atomic mass is 10.1. The van der Waals surface area contributed by atoms with Crippen molar-refractivity contribution in [1.29, 1.82) is 0 Å². The predicted molar refractivity (Wildman–Crippen MR) is 72.3 cm³/mol. The second-order valence-corrected chi connectivity index (χ2v) is 4.28. The highest BCUT2D eigenvalue weighted by Crippen LogP contribution is 2.14. The number of nitrogens with one attached hydrogen (secondary N) is 1. The molecule has 0 aliphatic carbocycles. The maximum absolute atomic E-state index is 11.6. The zero-order valence-corrected chi connectivity index (χ0v) is 10.9. The molecule has 1 amide bonds. The van der Waals surface area contributed by atoms with Gasteiger partial charge in [0.25, 0.3) is 0 Å². The fraction of sp³-hybridized carbons (Fsp3) is 0.357.